The second-order valence-corrected chi connectivity index (χ2v) is 6.07. The zero-order chi connectivity index (χ0) is 13.6. The Morgan fingerprint density at radius 1 is 0.737 bits per heavy atom. The lowest BCUT2D eigenvalue weighted by molar-refractivity contribution is 0.786. The van der Waals surface area contributed by atoms with Gasteiger partial charge in [0.1, 0.15) is 0 Å². The largest absolute Gasteiger partial charge is 0.0619 e. The van der Waals surface area contributed by atoms with Crippen LogP contribution in [0.4, 0.5) is 0 Å². The molecule has 0 atom stereocenters. The highest BCUT2D eigenvalue weighted by Gasteiger charge is 2.24. The van der Waals surface area contributed by atoms with E-state index in [1.54, 1.807) is 0 Å². The molecule has 0 spiro atoms. The Kier molecular flexibility index (Phi) is 2.97. The summed E-state index contributed by atoms with van der Waals surface area (Å²) in [5, 5.41) is 0. The second-order valence-electron chi connectivity index (χ2n) is 6.07. The standard InChI is InChI=1S/C19H21/c1-12(2)15-9-10-17-16-8-6-5-7-14(16)11-18(17)19(15)13(3)4/h5-13H,1-4H3. The van der Waals surface area contributed by atoms with Crippen LogP contribution in [0.25, 0.3) is 11.1 Å². The molecule has 0 saturated carbocycles. The maximum Gasteiger partial charge on any atom is 0.0214 e. The predicted octanol–water partition coefficient (Wildman–Crippen LogP) is 5.51. The summed E-state index contributed by atoms with van der Waals surface area (Å²) < 4.78 is 0. The number of hydrogen-bond donors (Lipinski definition) is 0. The van der Waals surface area contributed by atoms with Crippen molar-refractivity contribution in [2.24, 2.45) is 0 Å². The van der Waals surface area contributed by atoms with Crippen LogP contribution in [0.2, 0.25) is 0 Å². The maximum absolute atomic E-state index is 2.37. The molecule has 0 saturated heterocycles. The van der Waals surface area contributed by atoms with Gasteiger partial charge in [-0.1, -0.05) is 64.1 Å². The minimum absolute atomic E-state index is 0.568. The van der Waals surface area contributed by atoms with Crippen molar-refractivity contribution >= 4 is 0 Å². The Morgan fingerprint density at radius 2 is 1.47 bits per heavy atom. The first-order chi connectivity index (χ1) is 9.09. The highest BCUT2D eigenvalue weighted by Crippen LogP contribution is 2.43. The molecule has 1 aliphatic carbocycles. The van der Waals surface area contributed by atoms with E-state index in [0.29, 0.717) is 11.8 Å². The summed E-state index contributed by atoms with van der Waals surface area (Å²) in [5.74, 6) is 1.15. The Labute approximate surface area is 116 Å². The van der Waals surface area contributed by atoms with Gasteiger partial charge in [0.15, 0.2) is 0 Å². The molecule has 0 N–H and O–H groups in total. The minimum atomic E-state index is 0.568. The van der Waals surface area contributed by atoms with Gasteiger partial charge in [0, 0.05) is 6.42 Å². The van der Waals surface area contributed by atoms with Crippen molar-refractivity contribution in [2.45, 2.75) is 39.5 Å². The average molecular weight is 249 g/mol. The van der Waals surface area contributed by atoms with Gasteiger partial charge < -0.3 is 0 Å². The van der Waals surface area contributed by atoms with E-state index < -0.39 is 0 Å². The molecule has 1 radical (unpaired) electrons. The van der Waals surface area contributed by atoms with Crippen LogP contribution >= 0.6 is 0 Å². The second kappa shape index (κ2) is 4.52. The SMILES string of the molecule is CC(C)c1ccc2c(c1C(C)C)[CH]c1ccccc1-2. The number of rotatable bonds is 2. The Balaban J connectivity index is 2.25. The molecular formula is C19H21. The molecule has 0 bridgehead atoms. The molecule has 0 amide bonds. The summed E-state index contributed by atoms with van der Waals surface area (Å²) in [6.45, 7) is 9.18. The van der Waals surface area contributed by atoms with E-state index in [4.69, 9.17) is 0 Å². The molecule has 97 valence electrons. The van der Waals surface area contributed by atoms with Crippen molar-refractivity contribution in [1.82, 2.24) is 0 Å². The molecule has 0 heteroatoms. The topological polar surface area (TPSA) is 0 Å². The maximum atomic E-state index is 2.37. The molecule has 0 unspecified atom stereocenters. The van der Waals surface area contributed by atoms with E-state index in [-0.39, 0.29) is 0 Å². The van der Waals surface area contributed by atoms with Crippen LogP contribution in [0, 0.1) is 6.42 Å². The van der Waals surface area contributed by atoms with Crippen LogP contribution < -0.4 is 0 Å². The molecular weight excluding hydrogens is 228 g/mol. The van der Waals surface area contributed by atoms with Crippen molar-refractivity contribution < 1.29 is 0 Å². The fourth-order valence-corrected chi connectivity index (χ4v) is 3.22. The zero-order valence-electron chi connectivity index (χ0n) is 12.2. The molecule has 2 aromatic carbocycles. The van der Waals surface area contributed by atoms with Gasteiger partial charge in [0.05, 0.1) is 0 Å². The Morgan fingerprint density at radius 3 is 2.16 bits per heavy atom. The van der Waals surface area contributed by atoms with Crippen molar-refractivity contribution in [2.75, 3.05) is 0 Å². The summed E-state index contributed by atoms with van der Waals surface area (Å²) in [6.07, 6.45) is 2.37. The third-order valence-electron chi connectivity index (χ3n) is 4.07. The lowest BCUT2D eigenvalue weighted by Crippen LogP contribution is -2.02. The summed E-state index contributed by atoms with van der Waals surface area (Å²) in [5.41, 5.74) is 8.63. The third kappa shape index (κ3) is 1.90. The third-order valence-corrected chi connectivity index (χ3v) is 4.07. The van der Waals surface area contributed by atoms with Gasteiger partial charge >= 0.3 is 0 Å². The van der Waals surface area contributed by atoms with Crippen LogP contribution in [0.15, 0.2) is 36.4 Å². The van der Waals surface area contributed by atoms with E-state index in [9.17, 15) is 0 Å². The van der Waals surface area contributed by atoms with Gasteiger partial charge in [-0.15, -0.1) is 0 Å². The van der Waals surface area contributed by atoms with Gasteiger partial charge in [-0.25, -0.2) is 0 Å². The molecule has 2 aromatic rings. The van der Waals surface area contributed by atoms with Crippen LogP contribution in [0.3, 0.4) is 0 Å². The first kappa shape index (κ1) is 12.5. The Hall–Kier alpha value is -1.56. The lowest BCUT2D eigenvalue weighted by atomic mass is 9.85. The molecule has 0 aliphatic heterocycles. The predicted molar refractivity (Wildman–Crippen MR) is 82.6 cm³/mol. The summed E-state index contributed by atoms with van der Waals surface area (Å²) in [6, 6.07) is 13.3. The summed E-state index contributed by atoms with van der Waals surface area (Å²) in [7, 11) is 0. The van der Waals surface area contributed by atoms with Gasteiger partial charge in [-0.05, 0) is 45.2 Å². The quantitative estimate of drug-likeness (QED) is 0.561. The van der Waals surface area contributed by atoms with Crippen molar-refractivity contribution in [3.63, 3.8) is 0 Å². The van der Waals surface area contributed by atoms with Crippen LogP contribution in [0.5, 0.6) is 0 Å². The first-order valence-electron chi connectivity index (χ1n) is 7.20. The minimum Gasteiger partial charge on any atom is -0.0619 e. The van der Waals surface area contributed by atoms with E-state index >= 15 is 0 Å². The van der Waals surface area contributed by atoms with Gasteiger partial charge in [-0.2, -0.15) is 0 Å². The van der Waals surface area contributed by atoms with E-state index in [0.717, 1.165) is 0 Å². The molecule has 0 aromatic heterocycles. The molecule has 0 fully saturated rings. The highest BCUT2D eigenvalue weighted by molar-refractivity contribution is 5.83. The molecule has 1 aliphatic rings. The molecule has 3 rings (SSSR count). The first-order valence-corrected chi connectivity index (χ1v) is 7.20. The average Bonchev–Trinajstić information content (AvgIpc) is 2.75. The van der Waals surface area contributed by atoms with Gasteiger partial charge in [-0.3, -0.25) is 0 Å². The highest BCUT2D eigenvalue weighted by atomic mass is 14.3. The van der Waals surface area contributed by atoms with Crippen molar-refractivity contribution in [3.05, 3.63) is 65.1 Å². The van der Waals surface area contributed by atoms with Crippen LogP contribution in [-0.4, -0.2) is 0 Å². The fraction of sp³-hybridized carbons (Fsp3) is 0.316. The molecule has 19 heavy (non-hydrogen) atoms. The van der Waals surface area contributed by atoms with Gasteiger partial charge in [0.2, 0.25) is 0 Å². The monoisotopic (exact) mass is 249 g/mol. The summed E-state index contributed by atoms with van der Waals surface area (Å²) >= 11 is 0. The molecule has 0 nitrogen and oxygen atoms in total. The summed E-state index contributed by atoms with van der Waals surface area (Å²) in [4.78, 5) is 0. The zero-order valence-corrected chi connectivity index (χ0v) is 12.2. The number of hydrogen-bond acceptors (Lipinski definition) is 0. The number of fused-ring (bicyclic) bond motifs is 3. The number of benzene rings is 2. The Bertz CT molecular complexity index is 618. The lowest BCUT2D eigenvalue weighted by Gasteiger charge is -2.20. The fourth-order valence-electron chi connectivity index (χ4n) is 3.22. The molecule has 0 heterocycles. The van der Waals surface area contributed by atoms with Crippen LogP contribution in [-0.2, 0) is 0 Å². The van der Waals surface area contributed by atoms with E-state index in [2.05, 4.69) is 70.5 Å². The van der Waals surface area contributed by atoms with Crippen molar-refractivity contribution in [3.8, 4) is 11.1 Å². The smallest absolute Gasteiger partial charge is 0.0214 e. The normalized spacial score (nSPS) is 12.9. The van der Waals surface area contributed by atoms with Crippen LogP contribution in [0.1, 0.15) is 61.8 Å². The van der Waals surface area contributed by atoms with Crippen molar-refractivity contribution in [1.29, 1.82) is 0 Å². The van der Waals surface area contributed by atoms with E-state index in [1.165, 1.54) is 33.4 Å². The van der Waals surface area contributed by atoms with Gasteiger partial charge in [0.25, 0.3) is 0 Å². The van der Waals surface area contributed by atoms with E-state index in [1.807, 2.05) is 0 Å².